The predicted molar refractivity (Wildman–Crippen MR) is 101 cm³/mol. The van der Waals surface area contributed by atoms with Gasteiger partial charge >= 0.3 is 0 Å². The van der Waals surface area contributed by atoms with Crippen LogP contribution in [0.3, 0.4) is 0 Å². The normalized spacial score (nSPS) is 16.6. The van der Waals surface area contributed by atoms with Crippen LogP contribution in [0.5, 0.6) is 5.75 Å². The zero-order chi connectivity index (χ0) is 19.6. The highest BCUT2D eigenvalue weighted by atomic mass is 35.5. The first kappa shape index (κ1) is 19.2. The lowest BCUT2D eigenvalue weighted by Crippen LogP contribution is -2.48. The largest absolute Gasteiger partial charge is 0.496 e. The molecule has 9 heteroatoms. The maximum atomic E-state index is 12.6. The second-order valence-electron chi connectivity index (χ2n) is 5.75. The molecule has 140 valence electrons. The lowest BCUT2D eigenvalue weighted by molar-refractivity contribution is -0.121. The SMILES string of the molecule is COc1ccc(Cl)cc1C(=O)NN[C@H]1CC(=O)N(c2cccc(Cl)c2)C1=O. The predicted octanol–water partition coefficient (Wildman–Crippen LogP) is 2.57. The van der Waals surface area contributed by atoms with Crippen LogP contribution in [-0.2, 0) is 9.59 Å². The number of hydrazine groups is 1. The van der Waals surface area contributed by atoms with Crippen LogP contribution in [0.4, 0.5) is 5.69 Å². The van der Waals surface area contributed by atoms with Crippen molar-refractivity contribution in [3.63, 3.8) is 0 Å². The molecular formula is C18H15Cl2N3O4. The number of carbonyl (C=O) groups is 3. The molecule has 0 radical (unpaired) electrons. The monoisotopic (exact) mass is 407 g/mol. The molecule has 7 nitrogen and oxygen atoms in total. The summed E-state index contributed by atoms with van der Waals surface area (Å²) in [5, 5.41) is 0.770. The van der Waals surface area contributed by atoms with Crippen LogP contribution in [0.15, 0.2) is 42.5 Å². The van der Waals surface area contributed by atoms with Gasteiger partial charge in [0.1, 0.15) is 11.8 Å². The van der Waals surface area contributed by atoms with E-state index in [4.69, 9.17) is 27.9 Å². The third-order valence-corrected chi connectivity index (χ3v) is 4.45. The highest BCUT2D eigenvalue weighted by Crippen LogP contribution is 2.26. The standard InChI is InChI=1S/C18H15Cl2N3O4/c1-27-15-6-5-11(20)8-13(15)17(25)22-21-14-9-16(24)23(18(14)26)12-4-2-3-10(19)7-12/h2-8,14,21H,9H2,1H3,(H,22,25)/t14-/m0/s1. The second-order valence-corrected chi connectivity index (χ2v) is 6.62. The summed E-state index contributed by atoms with van der Waals surface area (Å²) in [5.41, 5.74) is 5.60. The molecule has 1 fully saturated rings. The van der Waals surface area contributed by atoms with Crippen LogP contribution in [0.25, 0.3) is 0 Å². The number of ether oxygens (including phenoxy) is 1. The van der Waals surface area contributed by atoms with Gasteiger partial charge in [0.15, 0.2) is 0 Å². The molecule has 3 amide bonds. The molecule has 0 aliphatic carbocycles. The summed E-state index contributed by atoms with van der Waals surface area (Å²) in [4.78, 5) is 38.2. The molecule has 1 saturated heterocycles. The van der Waals surface area contributed by atoms with Crippen molar-refractivity contribution < 1.29 is 19.1 Å². The molecule has 0 spiro atoms. The van der Waals surface area contributed by atoms with Gasteiger partial charge in [-0.3, -0.25) is 19.8 Å². The van der Waals surface area contributed by atoms with E-state index in [0.717, 1.165) is 4.90 Å². The first-order valence-corrected chi connectivity index (χ1v) is 8.68. The van der Waals surface area contributed by atoms with Crippen molar-refractivity contribution in [3.05, 3.63) is 58.1 Å². The molecule has 1 aliphatic rings. The van der Waals surface area contributed by atoms with Crippen LogP contribution in [0, 0.1) is 0 Å². The zero-order valence-electron chi connectivity index (χ0n) is 14.2. The Kier molecular flexibility index (Phi) is 5.65. The van der Waals surface area contributed by atoms with Crippen molar-refractivity contribution in [2.75, 3.05) is 12.0 Å². The Morgan fingerprint density at radius 2 is 1.89 bits per heavy atom. The van der Waals surface area contributed by atoms with E-state index in [1.165, 1.54) is 19.2 Å². The van der Waals surface area contributed by atoms with E-state index in [1.54, 1.807) is 30.3 Å². The minimum absolute atomic E-state index is 0.0989. The third-order valence-electron chi connectivity index (χ3n) is 3.98. The summed E-state index contributed by atoms with van der Waals surface area (Å²) in [6.07, 6.45) is -0.0989. The van der Waals surface area contributed by atoms with E-state index in [9.17, 15) is 14.4 Å². The quantitative estimate of drug-likeness (QED) is 0.587. The number of hydrogen-bond donors (Lipinski definition) is 2. The van der Waals surface area contributed by atoms with Crippen molar-refractivity contribution in [1.82, 2.24) is 10.9 Å². The number of halogens is 2. The van der Waals surface area contributed by atoms with Crippen molar-refractivity contribution in [3.8, 4) is 5.75 Å². The highest BCUT2D eigenvalue weighted by molar-refractivity contribution is 6.31. The number of nitrogens with zero attached hydrogens (tertiary/aromatic N) is 1. The summed E-state index contributed by atoms with van der Waals surface area (Å²) in [7, 11) is 1.43. The molecule has 1 aliphatic heterocycles. The minimum atomic E-state index is -0.898. The fourth-order valence-corrected chi connectivity index (χ4v) is 3.07. The summed E-state index contributed by atoms with van der Waals surface area (Å²) in [5.74, 6) is -1.10. The summed E-state index contributed by atoms with van der Waals surface area (Å²) in [6.45, 7) is 0. The van der Waals surface area contributed by atoms with Crippen LogP contribution in [0.2, 0.25) is 10.0 Å². The molecule has 0 bridgehead atoms. The number of rotatable bonds is 5. The third kappa shape index (κ3) is 4.05. The van der Waals surface area contributed by atoms with Crippen molar-refractivity contribution in [2.45, 2.75) is 12.5 Å². The first-order valence-electron chi connectivity index (χ1n) is 7.92. The number of amides is 3. The summed E-state index contributed by atoms with van der Waals surface area (Å²) >= 11 is 11.8. The van der Waals surface area contributed by atoms with Gasteiger partial charge < -0.3 is 4.74 Å². The van der Waals surface area contributed by atoms with Crippen LogP contribution < -0.4 is 20.5 Å². The van der Waals surface area contributed by atoms with Gasteiger partial charge in [-0.05, 0) is 36.4 Å². The van der Waals surface area contributed by atoms with Gasteiger partial charge in [0.2, 0.25) is 5.91 Å². The van der Waals surface area contributed by atoms with Gasteiger partial charge in [-0.2, -0.15) is 0 Å². The summed E-state index contributed by atoms with van der Waals surface area (Å²) in [6, 6.07) is 10.1. The van der Waals surface area contributed by atoms with Gasteiger partial charge in [0.25, 0.3) is 11.8 Å². The molecule has 2 aromatic rings. The Bertz CT molecular complexity index is 919. The molecule has 0 saturated carbocycles. The Labute approximate surface area is 165 Å². The van der Waals surface area contributed by atoms with Gasteiger partial charge in [-0.25, -0.2) is 10.3 Å². The van der Waals surface area contributed by atoms with Gasteiger partial charge in [-0.1, -0.05) is 29.3 Å². The number of anilines is 1. The lowest BCUT2D eigenvalue weighted by atomic mass is 10.2. The van der Waals surface area contributed by atoms with Crippen LogP contribution in [0.1, 0.15) is 16.8 Å². The smallest absolute Gasteiger partial charge is 0.269 e. The molecule has 2 N–H and O–H groups in total. The van der Waals surface area contributed by atoms with Gasteiger partial charge in [0, 0.05) is 10.0 Å². The van der Waals surface area contributed by atoms with Crippen molar-refractivity contribution >= 4 is 46.6 Å². The van der Waals surface area contributed by atoms with E-state index in [2.05, 4.69) is 10.9 Å². The minimum Gasteiger partial charge on any atom is -0.496 e. The molecule has 1 heterocycles. The van der Waals surface area contributed by atoms with Crippen LogP contribution >= 0.6 is 23.2 Å². The summed E-state index contributed by atoms with van der Waals surface area (Å²) < 4.78 is 5.13. The maximum absolute atomic E-state index is 12.6. The molecule has 0 unspecified atom stereocenters. The molecule has 2 aromatic carbocycles. The van der Waals surface area contributed by atoms with Gasteiger partial charge in [0.05, 0.1) is 24.8 Å². The van der Waals surface area contributed by atoms with E-state index in [0.29, 0.717) is 21.5 Å². The molecule has 0 aromatic heterocycles. The van der Waals surface area contributed by atoms with Crippen LogP contribution in [-0.4, -0.2) is 30.9 Å². The number of hydrogen-bond acceptors (Lipinski definition) is 5. The second kappa shape index (κ2) is 7.96. The fourth-order valence-electron chi connectivity index (χ4n) is 2.71. The topological polar surface area (TPSA) is 87.7 Å². The van der Waals surface area contributed by atoms with E-state index >= 15 is 0 Å². The first-order chi connectivity index (χ1) is 12.9. The zero-order valence-corrected chi connectivity index (χ0v) is 15.7. The number of methoxy groups -OCH3 is 1. The van der Waals surface area contributed by atoms with Gasteiger partial charge in [-0.15, -0.1) is 0 Å². The maximum Gasteiger partial charge on any atom is 0.269 e. The molecular weight excluding hydrogens is 393 g/mol. The Morgan fingerprint density at radius 1 is 1.15 bits per heavy atom. The fraction of sp³-hybridized carbons (Fsp3) is 0.167. The number of imide groups is 1. The highest BCUT2D eigenvalue weighted by Gasteiger charge is 2.39. The van der Waals surface area contributed by atoms with Crippen molar-refractivity contribution in [1.29, 1.82) is 0 Å². The Morgan fingerprint density at radius 3 is 2.59 bits per heavy atom. The average Bonchev–Trinajstić information content (AvgIpc) is 2.93. The van der Waals surface area contributed by atoms with E-state index in [1.807, 2.05) is 0 Å². The molecule has 27 heavy (non-hydrogen) atoms. The molecule has 1 atom stereocenters. The number of benzene rings is 2. The lowest BCUT2D eigenvalue weighted by Gasteiger charge is -2.16. The number of carbonyl (C=O) groups excluding carboxylic acids is 3. The van der Waals surface area contributed by atoms with E-state index in [-0.39, 0.29) is 12.0 Å². The average molecular weight is 408 g/mol. The van der Waals surface area contributed by atoms with E-state index < -0.39 is 23.8 Å². The Balaban J connectivity index is 1.70. The van der Waals surface area contributed by atoms with Crippen molar-refractivity contribution in [2.24, 2.45) is 0 Å². The number of nitrogens with one attached hydrogen (secondary N) is 2. The molecule has 3 rings (SSSR count). The Hall–Kier alpha value is -2.61.